The topological polar surface area (TPSA) is 126 Å². The number of phenolic OH excluding ortho intramolecular Hbond substituents is 1. The summed E-state index contributed by atoms with van der Waals surface area (Å²) in [6.07, 6.45) is 1.62. The highest BCUT2D eigenvalue weighted by Crippen LogP contribution is 2.57. The van der Waals surface area contributed by atoms with E-state index in [4.69, 9.17) is 9.72 Å². The molecule has 1 aromatic carbocycles. The van der Waals surface area contributed by atoms with Crippen LogP contribution >= 0.6 is 27.3 Å². The fourth-order valence-electron chi connectivity index (χ4n) is 5.12. The van der Waals surface area contributed by atoms with E-state index in [2.05, 4.69) is 43.1 Å². The average Bonchev–Trinajstić information content (AvgIpc) is 3.26. The fourth-order valence-corrected chi connectivity index (χ4v) is 6.36. The molecule has 0 aliphatic heterocycles. The van der Waals surface area contributed by atoms with Crippen LogP contribution in [0, 0.1) is 23.7 Å². The minimum Gasteiger partial charge on any atom is -0.504 e. The van der Waals surface area contributed by atoms with E-state index in [0.29, 0.717) is 41.5 Å². The molecule has 2 aliphatic rings. The van der Waals surface area contributed by atoms with Crippen LogP contribution in [-0.2, 0) is 6.42 Å². The number of thiophene rings is 1. The van der Waals surface area contributed by atoms with Gasteiger partial charge in [-0.2, -0.15) is 0 Å². The van der Waals surface area contributed by atoms with Crippen molar-refractivity contribution in [3.05, 3.63) is 56.7 Å². The Morgan fingerprint density at radius 1 is 1.16 bits per heavy atom. The van der Waals surface area contributed by atoms with Crippen molar-refractivity contribution in [3.8, 4) is 23.3 Å². The third-order valence-electron chi connectivity index (χ3n) is 7.03. The van der Waals surface area contributed by atoms with Crippen molar-refractivity contribution in [1.82, 2.24) is 19.5 Å². The van der Waals surface area contributed by atoms with Gasteiger partial charge in [-0.3, -0.25) is 0 Å². The number of rotatable bonds is 6. The summed E-state index contributed by atoms with van der Waals surface area (Å²) in [6, 6.07) is 8.85. The molecule has 37 heavy (non-hydrogen) atoms. The number of anilines is 1. The van der Waals surface area contributed by atoms with E-state index < -0.39 is 12.2 Å². The molecule has 190 valence electrons. The standard InChI is InChI=1S/C26H24BrN5O4S/c1-36-18-10-13(2-5-17(18)33)8-9-28-25-21-26(31-20(30-25)7-4-14-3-6-19(27)37-14)32(12-29-21)22-15-11-16(15)23(34)24(22)35/h2-3,5-6,10,12,15-16,22-24,33-35H,8-9,11H2,1H3,(H,28,30,31)/t15-,16+,22+,23+,24-/m0/s1. The SMILES string of the molecule is COc1cc(CCNc2nc(C#Cc3ccc(Br)s3)nc3c2ncn3[C@H]2[C@H](O)[C@H](O)[C@@H]3C[C@@H]32)ccc1O. The number of hydrogen-bond donors (Lipinski definition) is 4. The third-order valence-corrected chi connectivity index (χ3v) is 8.57. The Bertz CT molecular complexity index is 1540. The molecule has 0 bridgehead atoms. The van der Waals surface area contributed by atoms with E-state index in [1.54, 1.807) is 18.5 Å². The molecule has 0 amide bonds. The highest BCUT2D eigenvalue weighted by Gasteiger charge is 2.60. The summed E-state index contributed by atoms with van der Waals surface area (Å²) < 4.78 is 8.07. The Morgan fingerprint density at radius 2 is 2.03 bits per heavy atom. The maximum Gasteiger partial charge on any atom is 0.209 e. The Balaban J connectivity index is 1.33. The largest absolute Gasteiger partial charge is 0.504 e. The number of phenols is 1. The lowest BCUT2D eigenvalue weighted by atomic mass is 10.1. The number of aliphatic hydroxyl groups excluding tert-OH is 2. The van der Waals surface area contributed by atoms with Gasteiger partial charge in [-0.15, -0.1) is 11.3 Å². The molecule has 4 N–H and O–H groups in total. The number of methoxy groups -OCH3 is 1. The molecule has 4 aromatic rings. The van der Waals surface area contributed by atoms with Gasteiger partial charge >= 0.3 is 0 Å². The zero-order valence-electron chi connectivity index (χ0n) is 19.8. The van der Waals surface area contributed by atoms with Crippen LogP contribution in [0.1, 0.15) is 28.7 Å². The predicted octanol–water partition coefficient (Wildman–Crippen LogP) is 3.33. The van der Waals surface area contributed by atoms with Gasteiger partial charge in [-0.05, 0) is 82.3 Å². The zero-order valence-corrected chi connectivity index (χ0v) is 22.2. The molecule has 9 nitrogen and oxygen atoms in total. The van der Waals surface area contributed by atoms with Gasteiger partial charge in [0.25, 0.3) is 0 Å². The summed E-state index contributed by atoms with van der Waals surface area (Å²) in [4.78, 5) is 14.8. The van der Waals surface area contributed by atoms with E-state index in [-0.39, 0.29) is 23.6 Å². The van der Waals surface area contributed by atoms with Crippen LogP contribution in [0.2, 0.25) is 0 Å². The van der Waals surface area contributed by atoms with Crippen LogP contribution in [0.25, 0.3) is 11.2 Å². The molecule has 2 fully saturated rings. The number of nitrogens with zero attached hydrogens (tertiary/aromatic N) is 4. The molecule has 3 aromatic heterocycles. The van der Waals surface area contributed by atoms with Crippen molar-refractivity contribution >= 4 is 44.2 Å². The number of hydrogen-bond acceptors (Lipinski definition) is 9. The fraction of sp³-hybridized carbons (Fsp3) is 0.346. The van der Waals surface area contributed by atoms with Crippen molar-refractivity contribution in [2.75, 3.05) is 19.0 Å². The van der Waals surface area contributed by atoms with E-state index >= 15 is 0 Å². The van der Waals surface area contributed by atoms with Crippen LogP contribution < -0.4 is 10.1 Å². The monoisotopic (exact) mass is 581 g/mol. The molecule has 3 heterocycles. The van der Waals surface area contributed by atoms with Gasteiger partial charge in [0.2, 0.25) is 5.82 Å². The number of aromatic nitrogens is 4. The van der Waals surface area contributed by atoms with Crippen LogP contribution in [0.15, 0.2) is 40.4 Å². The molecule has 11 heteroatoms. The van der Waals surface area contributed by atoms with Crippen molar-refractivity contribution in [2.45, 2.75) is 31.1 Å². The summed E-state index contributed by atoms with van der Waals surface area (Å²) in [5.41, 5.74) is 2.15. The van der Waals surface area contributed by atoms with Gasteiger partial charge in [0, 0.05) is 6.54 Å². The Hall–Kier alpha value is -3.17. The summed E-state index contributed by atoms with van der Waals surface area (Å²) in [5, 5.41) is 34.3. The van der Waals surface area contributed by atoms with Crippen molar-refractivity contribution < 1.29 is 20.1 Å². The van der Waals surface area contributed by atoms with Gasteiger partial charge in [0.15, 0.2) is 28.5 Å². The summed E-state index contributed by atoms with van der Waals surface area (Å²) in [7, 11) is 1.52. The maximum atomic E-state index is 10.7. The molecule has 6 rings (SSSR count). The number of aliphatic hydroxyl groups is 2. The molecule has 0 saturated heterocycles. The first-order chi connectivity index (χ1) is 17.9. The average molecular weight is 582 g/mol. The molecular weight excluding hydrogens is 558 g/mol. The lowest BCUT2D eigenvalue weighted by molar-refractivity contribution is 0.00386. The van der Waals surface area contributed by atoms with Crippen LogP contribution in [0.3, 0.4) is 0 Å². The second kappa shape index (κ2) is 9.61. The second-order valence-corrected chi connectivity index (χ2v) is 11.8. The minimum atomic E-state index is -0.866. The zero-order chi connectivity index (χ0) is 25.7. The van der Waals surface area contributed by atoms with Gasteiger partial charge < -0.3 is 29.9 Å². The molecule has 2 saturated carbocycles. The third kappa shape index (κ3) is 4.55. The van der Waals surface area contributed by atoms with Crippen molar-refractivity contribution in [1.29, 1.82) is 0 Å². The molecule has 2 aliphatic carbocycles. The lowest BCUT2D eigenvalue weighted by Crippen LogP contribution is -2.31. The van der Waals surface area contributed by atoms with E-state index in [1.165, 1.54) is 18.4 Å². The quantitative estimate of drug-likeness (QED) is 0.255. The van der Waals surface area contributed by atoms with E-state index in [9.17, 15) is 15.3 Å². The lowest BCUT2D eigenvalue weighted by Gasteiger charge is -2.22. The van der Waals surface area contributed by atoms with Gasteiger partial charge in [-0.25, -0.2) is 15.0 Å². The molecule has 0 radical (unpaired) electrons. The van der Waals surface area contributed by atoms with Crippen LogP contribution in [0.4, 0.5) is 5.82 Å². The first-order valence-electron chi connectivity index (χ1n) is 11.9. The normalized spacial score (nSPS) is 23.9. The van der Waals surface area contributed by atoms with Crippen LogP contribution in [-0.4, -0.2) is 60.7 Å². The van der Waals surface area contributed by atoms with Crippen molar-refractivity contribution in [2.24, 2.45) is 11.8 Å². The van der Waals surface area contributed by atoms with Crippen molar-refractivity contribution in [3.63, 3.8) is 0 Å². The smallest absolute Gasteiger partial charge is 0.209 e. The summed E-state index contributed by atoms with van der Waals surface area (Å²) >= 11 is 4.98. The van der Waals surface area contributed by atoms with E-state index in [1.807, 2.05) is 22.8 Å². The number of benzene rings is 1. The second-order valence-electron chi connectivity index (χ2n) is 9.29. The first-order valence-corrected chi connectivity index (χ1v) is 13.5. The number of ether oxygens (including phenoxy) is 1. The number of fused-ring (bicyclic) bond motifs is 2. The highest BCUT2D eigenvalue weighted by atomic mass is 79.9. The van der Waals surface area contributed by atoms with E-state index in [0.717, 1.165) is 20.6 Å². The summed E-state index contributed by atoms with van der Waals surface area (Å²) in [6.45, 7) is 0.549. The number of aromatic hydroxyl groups is 1. The highest BCUT2D eigenvalue weighted by molar-refractivity contribution is 9.11. The molecule has 5 atom stereocenters. The Morgan fingerprint density at radius 3 is 2.76 bits per heavy atom. The molecule has 0 unspecified atom stereocenters. The van der Waals surface area contributed by atoms with Crippen LogP contribution in [0.5, 0.6) is 11.5 Å². The first kappa shape index (κ1) is 24.2. The number of nitrogens with one attached hydrogen (secondary N) is 1. The predicted molar refractivity (Wildman–Crippen MR) is 143 cm³/mol. The number of imidazole rings is 1. The maximum absolute atomic E-state index is 10.7. The van der Waals surface area contributed by atoms with Gasteiger partial charge in [-0.1, -0.05) is 6.07 Å². The Kier molecular flexibility index (Phi) is 6.28. The number of halogens is 1. The summed E-state index contributed by atoms with van der Waals surface area (Å²) in [5.74, 6) is 7.92. The molecule has 0 spiro atoms. The molecular formula is C26H24BrN5O4S. The Labute approximate surface area is 225 Å². The minimum absolute atomic E-state index is 0.0976. The van der Waals surface area contributed by atoms with Gasteiger partial charge in [0.05, 0.1) is 34.2 Å². The van der Waals surface area contributed by atoms with Gasteiger partial charge in [0.1, 0.15) is 6.10 Å².